The van der Waals surface area contributed by atoms with Crippen molar-refractivity contribution >= 4 is 11.7 Å². The van der Waals surface area contributed by atoms with Crippen LogP contribution in [0.1, 0.15) is 51.5 Å². The molecule has 1 aromatic heterocycles. The van der Waals surface area contributed by atoms with Crippen molar-refractivity contribution in [3.63, 3.8) is 0 Å². The predicted octanol–water partition coefficient (Wildman–Crippen LogP) is 2.87. The third kappa shape index (κ3) is 4.58. The monoisotopic (exact) mass is 511 g/mol. The number of nitrogens with one attached hydrogen (secondary N) is 1. The van der Waals surface area contributed by atoms with E-state index in [1.165, 1.54) is 0 Å². The molecule has 0 unspecified atom stereocenters. The van der Waals surface area contributed by atoms with E-state index >= 15 is 0 Å². The molecule has 36 heavy (non-hydrogen) atoms. The molecule has 4 heterocycles. The molecule has 0 radical (unpaired) electrons. The Labute approximate surface area is 209 Å². The van der Waals surface area contributed by atoms with Crippen LogP contribution in [-0.4, -0.2) is 84.7 Å². The molecule has 8 nitrogen and oxygen atoms in total. The Kier molecular flexibility index (Phi) is 6.93. The molecule has 5 rings (SSSR count). The maximum atomic E-state index is 14.0. The Bertz CT molecular complexity index is 963. The molecule has 200 valence electrons. The molecule has 11 heteroatoms. The zero-order valence-electron chi connectivity index (χ0n) is 21.1. The lowest BCUT2D eigenvalue weighted by Crippen LogP contribution is -2.55. The van der Waals surface area contributed by atoms with E-state index < -0.39 is 17.2 Å². The van der Waals surface area contributed by atoms with Crippen molar-refractivity contribution in [2.75, 3.05) is 38.3 Å². The summed E-state index contributed by atoms with van der Waals surface area (Å²) < 4.78 is 50.7. The van der Waals surface area contributed by atoms with Gasteiger partial charge in [0, 0.05) is 38.9 Å². The average molecular weight is 512 g/mol. The molecule has 1 N–H and O–H groups in total. The van der Waals surface area contributed by atoms with Gasteiger partial charge in [0.25, 0.3) is 0 Å². The van der Waals surface area contributed by atoms with E-state index in [0.29, 0.717) is 26.3 Å². The first-order valence-corrected chi connectivity index (χ1v) is 13.0. The van der Waals surface area contributed by atoms with Crippen molar-refractivity contribution in [2.45, 2.75) is 82.4 Å². The van der Waals surface area contributed by atoms with E-state index in [9.17, 15) is 18.0 Å². The summed E-state index contributed by atoms with van der Waals surface area (Å²) >= 11 is 0. The Balaban J connectivity index is 1.26. The number of hydrogen-bond donors (Lipinski definition) is 1. The van der Waals surface area contributed by atoms with Crippen LogP contribution in [-0.2, 0) is 20.4 Å². The second-order valence-electron chi connectivity index (χ2n) is 11.1. The summed E-state index contributed by atoms with van der Waals surface area (Å²) in [6.07, 6.45) is 0.496. The Hall–Kier alpha value is -1.98. The third-order valence-electron chi connectivity index (χ3n) is 8.90. The predicted molar refractivity (Wildman–Crippen MR) is 126 cm³/mol. The third-order valence-corrected chi connectivity index (χ3v) is 8.90. The fourth-order valence-corrected chi connectivity index (χ4v) is 6.75. The molecule has 4 fully saturated rings. The minimum atomic E-state index is -4.46. The number of likely N-dealkylation sites (tertiary alicyclic amines) is 1. The molecule has 2 bridgehead atoms. The second-order valence-corrected chi connectivity index (χ2v) is 11.1. The molecule has 0 spiro atoms. The minimum absolute atomic E-state index is 0.0164. The van der Waals surface area contributed by atoms with Crippen LogP contribution in [0.25, 0.3) is 0 Å². The van der Waals surface area contributed by atoms with Crippen LogP contribution < -0.4 is 10.2 Å². The van der Waals surface area contributed by atoms with Gasteiger partial charge in [-0.15, -0.1) is 5.10 Å². The summed E-state index contributed by atoms with van der Waals surface area (Å²) in [6, 6.07) is 1.47. The van der Waals surface area contributed by atoms with Gasteiger partial charge < -0.3 is 24.6 Å². The average Bonchev–Trinajstić information content (AvgIpc) is 3.58. The number of piperazine rings is 1. The van der Waals surface area contributed by atoms with Crippen LogP contribution >= 0.6 is 0 Å². The summed E-state index contributed by atoms with van der Waals surface area (Å²) in [5.41, 5.74) is -1.23. The molecule has 3 saturated heterocycles. The van der Waals surface area contributed by atoms with Crippen LogP contribution in [0.15, 0.2) is 12.3 Å². The SMILES string of the molecule is CO[C@@H]1COCC[C@@H]1N[C@@H]1CC[C@@](C(=O)N2C[C@H]3C[C@H]2CN3c2cc(C(F)(F)F)cnn2)(C(C)C)C1. The van der Waals surface area contributed by atoms with Crippen molar-refractivity contribution in [2.24, 2.45) is 11.3 Å². The highest BCUT2D eigenvalue weighted by atomic mass is 19.4. The minimum Gasteiger partial charge on any atom is -0.379 e. The number of carbonyl (C=O) groups excluding carboxylic acids is 1. The summed E-state index contributed by atoms with van der Waals surface area (Å²) in [7, 11) is 1.71. The Morgan fingerprint density at radius 2 is 2.08 bits per heavy atom. The smallest absolute Gasteiger partial charge is 0.379 e. The van der Waals surface area contributed by atoms with Crippen LogP contribution in [0.3, 0.4) is 0 Å². The topological polar surface area (TPSA) is 79.8 Å². The first kappa shape index (κ1) is 25.7. The fourth-order valence-electron chi connectivity index (χ4n) is 6.75. The van der Waals surface area contributed by atoms with Gasteiger partial charge in [-0.2, -0.15) is 18.3 Å². The molecule has 1 saturated carbocycles. The van der Waals surface area contributed by atoms with Crippen LogP contribution in [0, 0.1) is 11.3 Å². The summed E-state index contributed by atoms with van der Waals surface area (Å²) in [5, 5.41) is 11.3. The van der Waals surface area contributed by atoms with Gasteiger partial charge in [0.1, 0.15) is 0 Å². The number of aromatic nitrogens is 2. The van der Waals surface area contributed by atoms with E-state index in [0.717, 1.165) is 44.4 Å². The Morgan fingerprint density at radius 1 is 1.28 bits per heavy atom. The zero-order valence-corrected chi connectivity index (χ0v) is 21.1. The van der Waals surface area contributed by atoms with Gasteiger partial charge in [-0.25, -0.2) is 0 Å². The van der Waals surface area contributed by atoms with Crippen LogP contribution in [0.2, 0.25) is 0 Å². The lowest BCUT2D eigenvalue weighted by Gasteiger charge is -2.42. The largest absolute Gasteiger partial charge is 0.418 e. The molecule has 1 amide bonds. The molecule has 6 atom stereocenters. The quantitative estimate of drug-likeness (QED) is 0.629. The number of fused-ring (bicyclic) bond motifs is 2. The van der Waals surface area contributed by atoms with Gasteiger partial charge >= 0.3 is 6.18 Å². The van der Waals surface area contributed by atoms with E-state index in [-0.39, 0.29) is 47.9 Å². The fraction of sp³-hybridized carbons (Fsp3) is 0.800. The number of anilines is 1. The number of carbonyl (C=O) groups is 1. The van der Waals surface area contributed by atoms with Gasteiger partial charge in [0.05, 0.1) is 42.0 Å². The van der Waals surface area contributed by atoms with Crippen molar-refractivity contribution in [3.8, 4) is 0 Å². The van der Waals surface area contributed by atoms with E-state index in [1.54, 1.807) is 7.11 Å². The number of hydrogen-bond acceptors (Lipinski definition) is 7. The lowest BCUT2D eigenvalue weighted by molar-refractivity contribution is -0.146. The normalized spacial score (nSPS) is 34.7. The first-order valence-electron chi connectivity index (χ1n) is 13.0. The molecule has 3 aliphatic heterocycles. The van der Waals surface area contributed by atoms with E-state index in [1.807, 2.05) is 9.80 Å². The zero-order chi connectivity index (χ0) is 25.7. The van der Waals surface area contributed by atoms with Crippen LogP contribution in [0.5, 0.6) is 0 Å². The maximum absolute atomic E-state index is 14.0. The maximum Gasteiger partial charge on any atom is 0.418 e. The summed E-state index contributed by atoms with van der Waals surface area (Å²) in [6.45, 7) is 6.55. The number of rotatable bonds is 6. The van der Waals surface area contributed by atoms with Crippen molar-refractivity contribution in [1.29, 1.82) is 0 Å². The second kappa shape index (κ2) is 9.72. The van der Waals surface area contributed by atoms with Crippen molar-refractivity contribution < 1.29 is 27.4 Å². The highest BCUT2D eigenvalue weighted by Crippen LogP contribution is 2.48. The first-order chi connectivity index (χ1) is 17.1. The summed E-state index contributed by atoms with van der Waals surface area (Å²) in [5.74, 6) is 0.617. The highest BCUT2D eigenvalue weighted by Gasteiger charge is 2.55. The number of ether oxygens (including phenoxy) is 2. The number of nitrogens with zero attached hydrogens (tertiary/aromatic N) is 4. The van der Waals surface area contributed by atoms with Gasteiger partial charge in [-0.05, 0) is 44.1 Å². The summed E-state index contributed by atoms with van der Waals surface area (Å²) in [4.78, 5) is 17.9. The molecular weight excluding hydrogens is 475 g/mol. The van der Waals surface area contributed by atoms with Crippen molar-refractivity contribution in [3.05, 3.63) is 17.8 Å². The van der Waals surface area contributed by atoms with Gasteiger partial charge in [0.2, 0.25) is 5.91 Å². The van der Waals surface area contributed by atoms with Gasteiger partial charge in [0.15, 0.2) is 5.82 Å². The van der Waals surface area contributed by atoms with Crippen molar-refractivity contribution in [1.82, 2.24) is 20.4 Å². The van der Waals surface area contributed by atoms with Gasteiger partial charge in [-0.1, -0.05) is 13.8 Å². The standard InChI is InChI=1S/C25H36F3N5O3/c1-15(2)24(6-4-17(10-24)30-20-5-7-36-14-21(20)35-3)23(34)33-13-18-9-19(33)12-32(18)22-8-16(11-29-31-22)25(26,27)28/h8,11,15,17-21,30H,4-7,9-10,12-14H2,1-3H3/t17-,18-,19+,20+,21-,24+/m1/s1. The molecule has 4 aliphatic rings. The van der Waals surface area contributed by atoms with E-state index in [4.69, 9.17) is 9.47 Å². The number of methoxy groups -OCH3 is 1. The lowest BCUT2D eigenvalue weighted by atomic mass is 9.74. The van der Waals surface area contributed by atoms with E-state index in [2.05, 4.69) is 29.4 Å². The highest BCUT2D eigenvalue weighted by molar-refractivity contribution is 5.84. The molecule has 1 aliphatic carbocycles. The number of alkyl halides is 3. The molecule has 0 aromatic carbocycles. The molecule has 1 aromatic rings. The van der Waals surface area contributed by atoms with Crippen LogP contribution in [0.4, 0.5) is 19.0 Å². The molecular formula is C25H36F3N5O3. The number of amides is 1. The Morgan fingerprint density at radius 3 is 2.75 bits per heavy atom. The number of halogens is 3. The van der Waals surface area contributed by atoms with Gasteiger partial charge in [-0.3, -0.25) is 4.79 Å².